The lowest BCUT2D eigenvalue weighted by atomic mass is 9.93. The summed E-state index contributed by atoms with van der Waals surface area (Å²) < 4.78 is 3.08. The minimum atomic E-state index is 0.368. The van der Waals surface area contributed by atoms with Crippen molar-refractivity contribution in [2.24, 2.45) is 7.05 Å². The van der Waals surface area contributed by atoms with E-state index in [9.17, 15) is 4.79 Å². The largest absolute Gasteiger partial charge is 0.316 e. The van der Waals surface area contributed by atoms with E-state index in [2.05, 4.69) is 36.5 Å². The van der Waals surface area contributed by atoms with Crippen LogP contribution < -0.4 is 5.32 Å². The average Bonchev–Trinajstić information content (AvgIpc) is 3.59. The fourth-order valence-electron chi connectivity index (χ4n) is 5.24. The molecule has 1 atom stereocenters. The van der Waals surface area contributed by atoms with Crippen molar-refractivity contribution in [2.45, 2.75) is 25.7 Å². The summed E-state index contributed by atoms with van der Waals surface area (Å²) in [6.45, 7) is 4.07. The molecule has 1 unspecified atom stereocenters. The quantitative estimate of drug-likeness (QED) is 0.288. The van der Waals surface area contributed by atoms with Crippen LogP contribution in [0.15, 0.2) is 48.5 Å². The maximum absolute atomic E-state index is 11.5. The molecule has 1 N–H and O–H groups in total. The molecule has 7 heteroatoms. The predicted molar refractivity (Wildman–Crippen MR) is 145 cm³/mol. The fourth-order valence-corrected chi connectivity index (χ4v) is 6.50. The smallest absolute Gasteiger partial charge is 0.124 e. The van der Waals surface area contributed by atoms with Gasteiger partial charge in [0.25, 0.3) is 0 Å². The minimum absolute atomic E-state index is 0.368. The van der Waals surface area contributed by atoms with Gasteiger partial charge in [-0.2, -0.15) is 5.10 Å². The first kappa shape index (κ1) is 22.4. The summed E-state index contributed by atoms with van der Waals surface area (Å²) in [7, 11) is 2.02. The number of carbonyl (C=O) groups excluding carboxylic acids is 1. The van der Waals surface area contributed by atoms with Crippen molar-refractivity contribution in [3.63, 3.8) is 0 Å². The van der Waals surface area contributed by atoms with Gasteiger partial charge in [-0.15, -0.1) is 11.3 Å². The van der Waals surface area contributed by atoms with Gasteiger partial charge in [0.1, 0.15) is 11.3 Å². The summed E-state index contributed by atoms with van der Waals surface area (Å²) in [4.78, 5) is 16.6. The Morgan fingerprint density at radius 3 is 2.71 bits per heavy atom. The molecule has 0 spiro atoms. The number of carbonyl (C=O) groups is 1. The van der Waals surface area contributed by atoms with Crippen LogP contribution in [0.25, 0.3) is 42.8 Å². The van der Waals surface area contributed by atoms with E-state index in [0.717, 1.165) is 74.4 Å². The van der Waals surface area contributed by atoms with E-state index >= 15 is 0 Å². The van der Waals surface area contributed by atoms with Gasteiger partial charge in [0, 0.05) is 47.5 Å². The lowest BCUT2D eigenvalue weighted by Gasteiger charge is -2.12. The van der Waals surface area contributed by atoms with Crippen LogP contribution in [0.3, 0.4) is 0 Å². The van der Waals surface area contributed by atoms with E-state index in [1.54, 1.807) is 11.3 Å². The van der Waals surface area contributed by atoms with E-state index in [-0.39, 0.29) is 0 Å². The van der Waals surface area contributed by atoms with Gasteiger partial charge in [-0.1, -0.05) is 23.7 Å². The van der Waals surface area contributed by atoms with Gasteiger partial charge in [0.05, 0.1) is 21.4 Å². The molecule has 1 saturated heterocycles. The molecular weight excluding hydrogens is 476 g/mol. The van der Waals surface area contributed by atoms with E-state index < -0.39 is 0 Å². The third kappa shape index (κ3) is 3.86. The van der Waals surface area contributed by atoms with Crippen LogP contribution in [-0.4, -0.2) is 34.1 Å². The standard InChI is InChI=1S/C28H25ClN4OS/c1-16-13-23-27(25(21(16)10-12-34)17-3-6-20(29)7-4-17)35-28(31-23)18-5-8-24-22(14-18)26(32-33(24)2)19-9-11-30-15-19/h3-8,12-14,19,30H,9-11,15H2,1-2H3. The maximum Gasteiger partial charge on any atom is 0.124 e. The Morgan fingerprint density at radius 1 is 1.17 bits per heavy atom. The Labute approximate surface area is 212 Å². The number of aryl methyl sites for hydroxylation is 2. The van der Waals surface area contributed by atoms with Crippen LogP contribution >= 0.6 is 22.9 Å². The maximum atomic E-state index is 11.5. The second kappa shape index (κ2) is 8.86. The SMILES string of the molecule is Cc1cc2nc(-c3ccc4c(c3)c(C3CCNC3)nn4C)sc2c(-c2ccc(Cl)cc2)c1CC=O. The van der Waals surface area contributed by atoms with Gasteiger partial charge in [-0.25, -0.2) is 4.98 Å². The second-order valence-electron chi connectivity index (χ2n) is 9.22. The van der Waals surface area contributed by atoms with Crippen LogP contribution in [0, 0.1) is 6.92 Å². The highest BCUT2D eigenvalue weighted by atomic mass is 35.5. The molecule has 0 radical (unpaired) electrons. The molecular formula is C28H25ClN4OS. The summed E-state index contributed by atoms with van der Waals surface area (Å²) in [5.74, 6) is 0.439. The normalized spacial score (nSPS) is 15.9. The average molecular weight is 501 g/mol. The van der Waals surface area contributed by atoms with E-state index in [1.807, 2.05) is 36.0 Å². The van der Waals surface area contributed by atoms with Gasteiger partial charge >= 0.3 is 0 Å². The first-order valence-electron chi connectivity index (χ1n) is 11.8. The first-order valence-corrected chi connectivity index (χ1v) is 13.0. The van der Waals surface area contributed by atoms with Crippen molar-refractivity contribution in [2.75, 3.05) is 13.1 Å². The molecule has 3 heterocycles. The molecule has 5 aromatic rings. The number of thiazole rings is 1. The number of hydrogen-bond acceptors (Lipinski definition) is 5. The number of aldehydes is 1. The van der Waals surface area contributed by atoms with E-state index in [4.69, 9.17) is 21.7 Å². The highest BCUT2D eigenvalue weighted by molar-refractivity contribution is 7.22. The molecule has 176 valence electrons. The first-order chi connectivity index (χ1) is 17.0. The zero-order valence-electron chi connectivity index (χ0n) is 19.6. The highest BCUT2D eigenvalue weighted by Gasteiger charge is 2.23. The zero-order chi connectivity index (χ0) is 24.1. The lowest BCUT2D eigenvalue weighted by molar-refractivity contribution is -0.107. The van der Waals surface area contributed by atoms with Crippen molar-refractivity contribution < 1.29 is 4.79 Å². The third-order valence-electron chi connectivity index (χ3n) is 7.00. The molecule has 2 aromatic heterocycles. The van der Waals surface area contributed by atoms with Gasteiger partial charge in [0.15, 0.2) is 0 Å². The van der Waals surface area contributed by atoms with Crippen LogP contribution in [0.4, 0.5) is 0 Å². The van der Waals surface area contributed by atoms with Crippen molar-refractivity contribution in [1.82, 2.24) is 20.1 Å². The summed E-state index contributed by atoms with van der Waals surface area (Å²) in [5.41, 5.74) is 8.60. The van der Waals surface area contributed by atoms with Gasteiger partial charge in [0.2, 0.25) is 0 Å². The Bertz CT molecular complexity index is 1580. The number of aromatic nitrogens is 3. The van der Waals surface area contributed by atoms with Crippen molar-refractivity contribution in [3.05, 3.63) is 70.4 Å². The number of halogens is 1. The van der Waals surface area contributed by atoms with Crippen molar-refractivity contribution >= 4 is 50.3 Å². The van der Waals surface area contributed by atoms with Crippen LogP contribution in [0.2, 0.25) is 5.02 Å². The van der Waals surface area contributed by atoms with E-state index in [1.165, 1.54) is 11.1 Å². The number of benzene rings is 3. The zero-order valence-corrected chi connectivity index (χ0v) is 21.2. The number of hydrogen-bond donors (Lipinski definition) is 1. The van der Waals surface area contributed by atoms with Crippen molar-refractivity contribution in [1.29, 1.82) is 0 Å². The number of fused-ring (bicyclic) bond motifs is 2. The third-order valence-corrected chi connectivity index (χ3v) is 8.39. The summed E-state index contributed by atoms with van der Waals surface area (Å²) in [6, 6.07) is 16.5. The topological polar surface area (TPSA) is 59.8 Å². The molecule has 0 saturated carbocycles. The highest BCUT2D eigenvalue weighted by Crippen LogP contribution is 2.41. The molecule has 0 amide bonds. The molecule has 6 rings (SSSR count). The van der Waals surface area contributed by atoms with Crippen LogP contribution in [-0.2, 0) is 18.3 Å². The predicted octanol–water partition coefficient (Wildman–Crippen LogP) is 6.30. The Morgan fingerprint density at radius 2 is 1.97 bits per heavy atom. The number of nitrogens with zero attached hydrogens (tertiary/aromatic N) is 3. The number of nitrogens with one attached hydrogen (secondary N) is 1. The van der Waals surface area contributed by atoms with Crippen LogP contribution in [0.5, 0.6) is 0 Å². The molecule has 0 bridgehead atoms. The van der Waals surface area contributed by atoms with E-state index in [0.29, 0.717) is 17.4 Å². The summed E-state index contributed by atoms with van der Waals surface area (Å²) >= 11 is 7.84. The lowest BCUT2D eigenvalue weighted by Crippen LogP contribution is -2.08. The summed E-state index contributed by atoms with van der Waals surface area (Å²) in [6.07, 6.45) is 2.46. The van der Waals surface area contributed by atoms with Gasteiger partial charge in [-0.3, -0.25) is 4.68 Å². The Hall–Kier alpha value is -3.06. The summed E-state index contributed by atoms with van der Waals surface area (Å²) in [5, 5.41) is 11.2. The second-order valence-corrected chi connectivity index (χ2v) is 10.7. The molecule has 1 aliphatic rings. The molecule has 5 nitrogen and oxygen atoms in total. The van der Waals surface area contributed by atoms with Crippen molar-refractivity contribution in [3.8, 4) is 21.7 Å². The van der Waals surface area contributed by atoms with Crippen LogP contribution in [0.1, 0.15) is 29.2 Å². The van der Waals surface area contributed by atoms with Gasteiger partial charge in [-0.05, 0) is 73.0 Å². The fraction of sp³-hybridized carbons (Fsp3) is 0.250. The minimum Gasteiger partial charge on any atom is -0.316 e. The monoisotopic (exact) mass is 500 g/mol. The Kier molecular flexibility index (Phi) is 5.67. The number of rotatable bonds is 5. The molecule has 1 fully saturated rings. The molecule has 3 aromatic carbocycles. The molecule has 1 aliphatic heterocycles. The Balaban J connectivity index is 1.54. The molecule has 0 aliphatic carbocycles. The molecule has 35 heavy (non-hydrogen) atoms. The van der Waals surface area contributed by atoms with Gasteiger partial charge < -0.3 is 10.1 Å².